The molecule has 164 valence electrons. The van der Waals surface area contributed by atoms with Gasteiger partial charge in [0, 0.05) is 29.9 Å². The summed E-state index contributed by atoms with van der Waals surface area (Å²) in [5.74, 6) is 0.473. The van der Waals surface area contributed by atoms with Gasteiger partial charge in [-0.2, -0.15) is 0 Å². The van der Waals surface area contributed by atoms with Crippen molar-refractivity contribution in [1.29, 1.82) is 0 Å². The summed E-state index contributed by atoms with van der Waals surface area (Å²) in [6.45, 7) is 9.19. The number of likely N-dealkylation sites (N-methyl/N-ethyl adjacent to an activating group) is 1. The highest BCUT2D eigenvalue weighted by Crippen LogP contribution is 2.23. The summed E-state index contributed by atoms with van der Waals surface area (Å²) in [6, 6.07) is 11.3. The second kappa shape index (κ2) is 15.5. The number of benzene rings is 1. The molecule has 0 bridgehead atoms. The molecule has 30 heavy (non-hydrogen) atoms. The number of aromatic nitrogens is 1. The molecule has 0 unspecified atom stereocenters. The van der Waals surface area contributed by atoms with E-state index >= 15 is 0 Å². The number of nitrogens with one attached hydrogen (secondary N) is 1. The lowest BCUT2D eigenvalue weighted by atomic mass is 10.0. The van der Waals surface area contributed by atoms with Crippen molar-refractivity contribution in [2.24, 2.45) is 0 Å². The minimum absolute atomic E-state index is 0.0409. The molecule has 0 aliphatic rings. The van der Waals surface area contributed by atoms with E-state index in [1.54, 1.807) is 6.07 Å². The summed E-state index contributed by atoms with van der Waals surface area (Å²) in [5, 5.41) is 16.7. The fraction of sp³-hybridized carbons (Fsp3) is 0.333. The van der Waals surface area contributed by atoms with Gasteiger partial charge in [0.15, 0.2) is 0 Å². The molecule has 5 N–H and O–H groups in total. The van der Waals surface area contributed by atoms with E-state index < -0.39 is 0 Å². The van der Waals surface area contributed by atoms with Crippen molar-refractivity contribution < 1.29 is 24.6 Å². The Morgan fingerprint density at radius 3 is 2.07 bits per heavy atom. The molecule has 0 spiro atoms. The van der Waals surface area contributed by atoms with Gasteiger partial charge in [0.05, 0.1) is 0 Å². The van der Waals surface area contributed by atoms with Crippen molar-refractivity contribution in [3.05, 3.63) is 47.7 Å². The molecule has 0 radical (unpaired) electrons. The molecule has 0 saturated heterocycles. The number of hydrogen-bond donors (Lipinski definition) is 4. The maximum atomic E-state index is 12.2. The first kappa shape index (κ1) is 26.5. The average Bonchev–Trinajstić information content (AvgIpc) is 2.72. The fourth-order valence-electron chi connectivity index (χ4n) is 2.66. The van der Waals surface area contributed by atoms with Gasteiger partial charge in [0.25, 0.3) is 18.9 Å². The minimum atomic E-state index is -0.250. The second-order valence-electron chi connectivity index (χ2n) is 5.94. The second-order valence-corrected chi connectivity index (χ2v) is 5.94. The van der Waals surface area contributed by atoms with Gasteiger partial charge in [0.2, 0.25) is 0 Å². The third-order valence-corrected chi connectivity index (χ3v) is 4.17. The van der Waals surface area contributed by atoms with E-state index in [0.717, 1.165) is 36.5 Å². The Morgan fingerprint density at radius 1 is 1.07 bits per heavy atom. The number of amides is 1. The Morgan fingerprint density at radius 2 is 1.60 bits per heavy atom. The number of rotatable bonds is 7. The van der Waals surface area contributed by atoms with Crippen LogP contribution in [-0.2, 0) is 9.59 Å². The molecule has 0 aliphatic heterocycles. The summed E-state index contributed by atoms with van der Waals surface area (Å²) >= 11 is 0. The van der Waals surface area contributed by atoms with Gasteiger partial charge in [0.1, 0.15) is 5.82 Å². The highest BCUT2D eigenvalue weighted by atomic mass is 16.3. The first-order valence-corrected chi connectivity index (χ1v) is 9.38. The zero-order valence-electron chi connectivity index (χ0n) is 17.5. The average molecular weight is 418 g/mol. The van der Waals surface area contributed by atoms with Crippen LogP contribution in [0.2, 0.25) is 0 Å². The first-order valence-electron chi connectivity index (χ1n) is 9.38. The van der Waals surface area contributed by atoms with Crippen LogP contribution in [0.1, 0.15) is 29.9 Å². The molecule has 1 aromatic carbocycles. The Bertz CT molecular complexity index is 771. The Hall–Kier alpha value is -3.46. The van der Waals surface area contributed by atoms with Gasteiger partial charge in [-0.05, 0) is 49.8 Å². The molecule has 2 rings (SSSR count). The predicted molar refractivity (Wildman–Crippen MR) is 116 cm³/mol. The number of carbonyl (C=O) groups excluding carboxylic acids is 1. The summed E-state index contributed by atoms with van der Waals surface area (Å²) in [5.41, 5.74) is 9.29. The molecular formula is C21H30N4O5. The molecule has 1 aromatic heterocycles. The van der Waals surface area contributed by atoms with E-state index in [1.807, 2.05) is 37.3 Å². The van der Waals surface area contributed by atoms with Crippen LogP contribution < -0.4 is 11.1 Å². The summed E-state index contributed by atoms with van der Waals surface area (Å²) < 4.78 is 0. The van der Waals surface area contributed by atoms with Crippen molar-refractivity contribution in [3.8, 4) is 11.1 Å². The predicted octanol–water partition coefficient (Wildman–Crippen LogP) is 2.11. The van der Waals surface area contributed by atoms with E-state index in [0.29, 0.717) is 17.9 Å². The van der Waals surface area contributed by atoms with Gasteiger partial charge in [-0.3, -0.25) is 14.4 Å². The van der Waals surface area contributed by atoms with E-state index in [2.05, 4.69) is 29.0 Å². The van der Waals surface area contributed by atoms with Crippen molar-refractivity contribution >= 4 is 24.7 Å². The van der Waals surface area contributed by atoms with Crippen LogP contribution in [0.25, 0.3) is 11.1 Å². The topological polar surface area (TPSA) is 146 Å². The lowest BCUT2D eigenvalue weighted by Crippen LogP contribution is -2.34. The lowest BCUT2D eigenvalue weighted by molar-refractivity contribution is -0.123. The summed E-state index contributed by atoms with van der Waals surface area (Å²) in [6.07, 6.45) is 0. The molecule has 0 atom stereocenters. The fourth-order valence-corrected chi connectivity index (χ4v) is 2.66. The van der Waals surface area contributed by atoms with Crippen LogP contribution in [-0.4, -0.2) is 65.1 Å². The van der Waals surface area contributed by atoms with Crippen molar-refractivity contribution in [2.75, 3.05) is 31.9 Å². The third-order valence-electron chi connectivity index (χ3n) is 4.17. The highest BCUT2D eigenvalue weighted by molar-refractivity contribution is 5.94. The van der Waals surface area contributed by atoms with Crippen molar-refractivity contribution in [2.45, 2.75) is 20.8 Å². The van der Waals surface area contributed by atoms with Crippen LogP contribution in [0.5, 0.6) is 0 Å². The van der Waals surface area contributed by atoms with Crippen molar-refractivity contribution in [1.82, 2.24) is 15.2 Å². The number of pyridine rings is 1. The van der Waals surface area contributed by atoms with Crippen LogP contribution >= 0.6 is 0 Å². The van der Waals surface area contributed by atoms with Gasteiger partial charge in [-0.25, -0.2) is 4.98 Å². The normalized spacial score (nSPS) is 9.47. The Kier molecular flexibility index (Phi) is 13.7. The number of carboxylic acid groups (broad SMARTS) is 2. The SMILES string of the molecule is CCN(CC)CCNC(=O)c1ccc(-c2ccc(N)nc2C)cc1.O=CO.O=CO. The third kappa shape index (κ3) is 9.65. The molecule has 2 aromatic rings. The molecule has 9 heteroatoms. The van der Waals surface area contributed by atoms with E-state index in [1.165, 1.54) is 0 Å². The zero-order valence-corrected chi connectivity index (χ0v) is 17.5. The number of nitrogen functional groups attached to an aromatic ring is 1. The molecule has 9 nitrogen and oxygen atoms in total. The standard InChI is InChI=1S/C19H26N4O.2CH2O2/c1-4-23(5-2)13-12-21-19(24)16-8-6-15(7-9-16)17-10-11-18(20)22-14(17)3;2*2-1-3/h6-11H,4-5,12-13H2,1-3H3,(H2,20,22)(H,21,24);2*1H,(H,2,3). The number of anilines is 1. The quantitative estimate of drug-likeness (QED) is 0.500. The van der Waals surface area contributed by atoms with Crippen LogP contribution in [0.3, 0.4) is 0 Å². The Labute approximate surface area is 176 Å². The maximum Gasteiger partial charge on any atom is 0.290 e. The van der Waals surface area contributed by atoms with Crippen molar-refractivity contribution in [3.63, 3.8) is 0 Å². The minimum Gasteiger partial charge on any atom is -0.483 e. The number of hydrogen-bond acceptors (Lipinski definition) is 6. The number of carbonyl (C=O) groups is 3. The molecule has 0 fully saturated rings. The largest absolute Gasteiger partial charge is 0.483 e. The number of nitrogens with zero attached hydrogens (tertiary/aromatic N) is 2. The van der Waals surface area contributed by atoms with Crippen LogP contribution in [0, 0.1) is 6.92 Å². The smallest absolute Gasteiger partial charge is 0.290 e. The van der Waals surface area contributed by atoms with E-state index in [4.69, 9.17) is 25.5 Å². The van der Waals surface area contributed by atoms with Gasteiger partial charge >= 0.3 is 0 Å². The molecule has 0 aliphatic carbocycles. The highest BCUT2D eigenvalue weighted by Gasteiger charge is 2.08. The van der Waals surface area contributed by atoms with Crippen LogP contribution in [0.4, 0.5) is 5.82 Å². The summed E-state index contributed by atoms with van der Waals surface area (Å²) in [7, 11) is 0. The van der Waals surface area contributed by atoms with Gasteiger partial charge in [-0.15, -0.1) is 0 Å². The molecule has 1 amide bonds. The molecule has 0 saturated carbocycles. The maximum absolute atomic E-state index is 12.2. The van der Waals surface area contributed by atoms with Crippen LogP contribution in [0.15, 0.2) is 36.4 Å². The first-order chi connectivity index (χ1) is 14.4. The number of aryl methyl sites for hydroxylation is 1. The Balaban J connectivity index is 0.00000125. The lowest BCUT2D eigenvalue weighted by Gasteiger charge is -2.18. The number of nitrogens with two attached hydrogens (primary N) is 1. The summed E-state index contributed by atoms with van der Waals surface area (Å²) in [4.78, 5) is 35.5. The molecule has 1 heterocycles. The molecular weight excluding hydrogens is 388 g/mol. The monoisotopic (exact) mass is 418 g/mol. The van der Waals surface area contributed by atoms with E-state index in [9.17, 15) is 4.79 Å². The van der Waals surface area contributed by atoms with Gasteiger partial charge < -0.3 is 26.2 Å². The van der Waals surface area contributed by atoms with E-state index in [-0.39, 0.29) is 18.9 Å². The zero-order chi connectivity index (χ0) is 22.9. The van der Waals surface area contributed by atoms with Gasteiger partial charge in [-0.1, -0.05) is 26.0 Å².